The quantitative estimate of drug-likeness (QED) is 0.404. The van der Waals surface area contributed by atoms with E-state index < -0.39 is 0 Å². The maximum atomic E-state index is 4.80. The van der Waals surface area contributed by atoms with Gasteiger partial charge in [0.2, 0.25) is 0 Å². The monoisotopic (exact) mass is 194 g/mol. The highest BCUT2D eigenvalue weighted by Gasteiger charge is 1.90. The minimum atomic E-state index is 0.775. The van der Waals surface area contributed by atoms with Gasteiger partial charge in [-0.1, -0.05) is 38.4 Å². The molecule has 0 aliphatic heterocycles. The molecule has 0 heterocycles. The molecule has 0 fully saturated rings. The van der Waals surface area contributed by atoms with Gasteiger partial charge in [0.15, 0.2) is 0 Å². The first-order valence-corrected chi connectivity index (χ1v) is 5.47. The lowest BCUT2D eigenvalue weighted by Crippen LogP contribution is -1.82. The molecule has 0 saturated heterocycles. The fourth-order valence-corrected chi connectivity index (χ4v) is 1.74. The predicted molar refractivity (Wildman–Crippen MR) is 58.2 cm³/mol. The third kappa shape index (κ3) is 8.79. The first kappa shape index (κ1) is 10.8. The van der Waals surface area contributed by atoms with Crippen LogP contribution in [0.5, 0.6) is 0 Å². The number of unbranched alkanes of at least 4 members (excludes halogenated alkanes) is 3. The Labute approximate surface area is 78.6 Å². The lowest BCUT2D eigenvalue weighted by Gasteiger charge is -1.96. The Kier molecular flexibility index (Phi) is 8.52. The zero-order chi connectivity index (χ0) is 7.82. The van der Waals surface area contributed by atoms with Crippen LogP contribution in [0.15, 0.2) is 0 Å². The highest BCUT2D eigenvalue weighted by molar-refractivity contribution is 8.41. The normalized spacial score (nSPS) is 9.80. The molecule has 60 valence electrons. The molecule has 0 rings (SSSR count). The van der Waals surface area contributed by atoms with Crippen molar-refractivity contribution in [3.05, 3.63) is 0 Å². The Hall–Kier alpha value is 0.790. The maximum Gasteiger partial charge on any atom is 0.101 e. The summed E-state index contributed by atoms with van der Waals surface area (Å²) in [5.74, 6) is 1.14. The van der Waals surface area contributed by atoms with Crippen LogP contribution in [0.3, 0.4) is 0 Å². The van der Waals surface area contributed by atoms with Crippen LogP contribution in [0.1, 0.15) is 32.6 Å². The second-order valence-electron chi connectivity index (χ2n) is 2.18. The molecule has 0 amide bonds. The second kappa shape index (κ2) is 7.89. The molecule has 0 spiro atoms. The van der Waals surface area contributed by atoms with Gasteiger partial charge in [-0.2, -0.15) is 0 Å². The summed E-state index contributed by atoms with van der Waals surface area (Å²) in [5, 5.41) is 0. The van der Waals surface area contributed by atoms with Crippen LogP contribution in [0, 0.1) is 0 Å². The van der Waals surface area contributed by atoms with Crippen molar-refractivity contribution in [3.8, 4) is 0 Å². The average Bonchev–Trinajstić information content (AvgIpc) is 1.87. The Morgan fingerprint density at radius 3 is 2.60 bits per heavy atom. The molecule has 0 aromatic rings. The molecule has 0 aromatic carbocycles. The second-order valence-corrected chi connectivity index (χ2v) is 5.00. The van der Waals surface area contributed by atoms with Crippen molar-refractivity contribution in [2.24, 2.45) is 0 Å². The van der Waals surface area contributed by atoms with E-state index in [4.69, 9.17) is 12.2 Å². The van der Waals surface area contributed by atoms with Gasteiger partial charge in [0.25, 0.3) is 0 Å². The summed E-state index contributed by atoms with van der Waals surface area (Å²) in [6, 6.07) is 0. The highest BCUT2D eigenvalue weighted by atomic mass is 32.2. The van der Waals surface area contributed by atoms with Crippen LogP contribution in [-0.2, 0) is 0 Å². The first-order valence-electron chi connectivity index (χ1n) is 3.63. The zero-order valence-corrected chi connectivity index (χ0v) is 8.83. The van der Waals surface area contributed by atoms with Gasteiger partial charge in [-0.15, -0.1) is 24.4 Å². The summed E-state index contributed by atoms with van der Waals surface area (Å²) in [7, 11) is 0. The van der Waals surface area contributed by atoms with E-state index in [9.17, 15) is 0 Å². The molecule has 0 atom stereocenters. The Balaban J connectivity index is 2.84. The number of thiocarbonyl (C=S) groups is 1. The van der Waals surface area contributed by atoms with Crippen molar-refractivity contribution in [1.29, 1.82) is 0 Å². The van der Waals surface area contributed by atoms with Crippen LogP contribution in [0.25, 0.3) is 0 Å². The molecular formula is C7H14S3. The number of hydrogen-bond donors (Lipinski definition) is 1. The van der Waals surface area contributed by atoms with Crippen molar-refractivity contribution in [2.45, 2.75) is 32.6 Å². The summed E-state index contributed by atoms with van der Waals surface area (Å²) >= 11 is 10.5. The third-order valence-electron chi connectivity index (χ3n) is 1.22. The van der Waals surface area contributed by atoms with Crippen LogP contribution >= 0.6 is 36.6 Å². The number of thiol groups is 1. The molecule has 0 bridgehead atoms. The van der Waals surface area contributed by atoms with E-state index in [2.05, 4.69) is 19.6 Å². The van der Waals surface area contributed by atoms with Crippen molar-refractivity contribution in [3.63, 3.8) is 0 Å². The minimum absolute atomic E-state index is 0.775. The fourth-order valence-electron chi connectivity index (χ4n) is 0.688. The average molecular weight is 194 g/mol. The first-order chi connectivity index (χ1) is 4.77. The maximum absolute atomic E-state index is 4.80. The van der Waals surface area contributed by atoms with E-state index >= 15 is 0 Å². The van der Waals surface area contributed by atoms with E-state index in [0.29, 0.717) is 0 Å². The largest absolute Gasteiger partial charge is 0.125 e. The summed E-state index contributed by atoms with van der Waals surface area (Å²) in [5.41, 5.74) is 0. The molecule has 0 aromatic heterocycles. The molecule has 0 N–H and O–H groups in total. The van der Waals surface area contributed by atoms with Gasteiger partial charge >= 0.3 is 0 Å². The molecule has 0 saturated carbocycles. The molecular weight excluding hydrogens is 180 g/mol. The number of rotatable bonds is 5. The van der Waals surface area contributed by atoms with Gasteiger partial charge in [-0.3, -0.25) is 0 Å². The Bertz CT molecular complexity index is 90.9. The van der Waals surface area contributed by atoms with Crippen molar-refractivity contribution >= 4 is 40.1 Å². The van der Waals surface area contributed by atoms with Crippen molar-refractivity contribution in [1.82, 2.24) is 0 Å². The number of thioether (sulfide) groups is 1. The predicted octanol–water partition coefficient (Wildman–Crippen LogP) is 3.51. The standard InChI is InChI=1S/C7H14S3/c1-2-3-4-5-6-10-7(8)9/h2-6H2,1H3,(H,8,9). The molecule has 10 heavy (non-hydrogen) atoms. The van der Waals surface area contributed by atoms with Gasteiger partial charge in [0.05, 0.1) is 0 Å². The molecule has 0 unspecified atom stereocenters. The van der Waals surface area contributed by atoms with Crippen LogP contribution in [-0.4, -0.2) is 9.28 Å². The van der Waals surface area contributed by atoms with Crippen LogP contribution in [0.2, 0.25) is 0 Å². The zero-order valence-electron chi connectivity index (χ0n) is 6.30. The van der Waals surface area contributed by atoms with Crippen LogP contribution < -0.4 is 0 Å². The van der Waals surface area contributed by atoms with E-state index in [1.165, 1.54) is 25.7 Å². The summed E-state index contributed by atoms with van der Waals surface area (Å²) in [4.78, 5) is 0. The van der Waals surface area contributed by atoms with Gasteiger partial charge in [0.1, 0.15) is 3.53 Å². The van der Waals surface area contributed by atoms with Gasteiger partial charge < -0.3 is 0 Å². The smallest absolute Gasteiger partial charge is 0.101 e. The molecule has 0 aliphatic rings. The van der Waals surface area contributed by atoms with Gasteiger partial charge in [-0.25, -0.2) is 0 Å². The van der Waals surface area contributed by atoms with E-state index in [-0.39, 0.29) is 0 Å². The minimum Gasteiger partial charge on any atom is -0.125 e. The fraction of sp³-hybridized carbons (Fsp3) is 0.857. The third-order valence-corrected chi connectivity index (χ3v) is 2.70. The van der Waals surface area contributed by atoms with Gasteiger partial charge in [0, 0.05) is 0 Å². The molecule has 0 radical (unpaired) electrons. The van der Waals surface area contributed by atoms with E-state index in [1.54, 1.807) is 11.8 Å². The topological polar surface area (TPSA) is 0 Å². The molecule has 3 heteroatoms. The summed E-state index contributed by atoms with van der Waals surface area (Å²) in [6.07, 6.45) is 5.26. The van der Waals surface area contributed by atoms with Crippen LogP contribution in [0.4, 0.5) is 0 Å². The lowest BCUT2D eigenvalue weighted by atomic mass is 10.2. The summed E-state index contributed by atoms with van der Waals surface area (Å²) < 4.78 is 0.775. The van der Waals surface area contributed by atoms with Gasteiger partial charge in [-0.05, 0) is 12.2 Å². The SMILES string of the molecule is CCCCCCSC(=S)S. The number of hydrogen-bond acceptors (Lipinski definition) is 2. The Morgan fingerprint density at radius 1 is 1.40 bits per heavy atom. The Morgan fingerprint density at radius 2 is 2.10 bits per heavy atom. The van der Waals surface area contributed by atoms with E-state index in [1.807, 2.05) is 0 Å². The molecule has 0 aliphatic carbocycles. The van der Waals surface area contributed by atoms with Crippen molar-refractivity contribution < 1.29 is 0 Å². The van der Waals surface area contributed by atoms with Crippen molar-refractivity contribution in [2.75, 3.05) is 5.75 Å². The molecule has 0 nitrogen and oxygen atoms in total. The highest BCUT2D eigenvalue weighted by Crippen LogP contribution is 2.11. The lowest BCUT2D eigenvalue weighted by molar-refractivity contribution is 0.707. The summed E-state index contributed by atoms with van der Waals surface area (Å²) in [6.45, 7) is 2.22. The van der Waals surface area contributed by atoms with E-state index in [0.717, 1.165) is 9.28 Å².